The van der Waals surface area contributed by atoms with Crippen molar-refractivity contribution < 1.29 is 24.2 Å². The summed E-state index contributed by atoms with van der Waals surface area (Å²) in [6.07, 6.45) is 0. The van der Waals surface area contributed by atoms with Crippen LogP contribution in [0.3, 0.4) is 0 Å². The Morgan fingerprint density at radius 1 is 0.972 bits per heavy atom. The minimum Gasteiger partial charge on any atom is -0.507 e. The Kier molecular flexibility index (Phi) is 7.15. The van der Waals surface area contributed by atoms with Gasteiger partial charge in [0, 0.05) is 11.3 Å². The van der Waals surface area contributed by atoms with Gasteiger partial charge in [-0.15, -0.1) is 0 Å². The Balaban J connectivity index is 1.90. The third-order valence-electron chi connectivity index (χ3n) is 6.20. The SMILES string of the molecule is COc1ccc(/C(O)=C2\C(=O)C(=O)N(c3ccc(C)cc3)C2c2cccc(OCC(C)C)c2)c(C)c1. The highest BCUT2D eigenvalue weighted by molar-refractivity contribution is 6.51. The zero-order valence-electron chi connectivity index (χ0n) is 21.2. The van der Waals surface area contributed by atoms with Crippen LogP contribution >= 0.6 is 0 Å². The van der Waals surface area contributed by atoms with Crippen molar-refractivity contribution in [2.45, 2.75) is 33.7 Å². The van der Waals surface area contributed by atoms with Crippen molar-refractivity contribution in [3.8, 4) is 11.5 Å². The van der Waals surface area contributed by atoms with Gasteiger partial charge in [-0.25, -0.2) is 0 Å². The van der Waals surface area contributed by atoms with Gasteiger partial charge in [-0.05, 0) is 73.4 Å². The van der Waals surface area contributed by atoms with Crippen LogP contribution in [0.4, 0.5) is 5.69 Å². The quantitative estimate of drug-likeness (QED) is 0.253. The summed E-state index contributed by atoms with van der Waals surface area (Å²) in [5, 5.41) is 11.4. The predicted molar refractivity (Wildman–Crippen MR) is 140 cm³/mol. The lowest BCUT2D eigenvalue weighted by Gasteiger charge is -2.26. The number of ether oxygens (including phenoxy) is 2. The molecule has 6 nitrogen and oxygen atoms in total. The van der Waals surface area contributed by atoms with Crippen LogP contribution in [0.25, 0.3) is 5.76 Å². The minimum absolute atomic E-state index is 0.0369. The van der Waals surface area contributed by atoms with Crippen molar-refractivity contribution >= 4 is 23.1 Å². The summed E-state index contributed by atoms with van der Waals surface area (Å²) < 4.78 is 11.2. The first kappa shape index (κ1) is 25.0. The topological polar surface area (TPSA) is 76.1 Å². The standard InChI is InChI=1S/C30H31NO5/c1-18(2)17-36-24-8-6-7-21(16-24)27-26(28(32)25-14-13-23(35-5)15-20(25)4)29(33)30(34)31(27)22-11-9-19(3)10-12-22/h6-16,18,27,32H,17H2,1-5H3/b28-26+. The van der Waals surface area contributed by atoms with E-state index in [1.54, 1.807) is 25.3 Å². The number of amides is 1. The van der Waals surface area contributed by atoms with Gasteiger partial charge in [0.05, 0.1) is 25.3 Å². The van der Waals surface area contributed by atoms with Gasteiger partial charge in [0.2, 0.25) is 0 Å². The number of rotatable bonds is 7. The second kappa shape index (κ2) is 10.3. The van der Waals surface area contributed by atoms with Crippen molar-refractivity contribution in [2.24, 2.45) is 5.92 Å². The highest BCUT2D eigenvalue weighted by atomic mass is 16.5. The number of anilines is 1. The summed E-state index contributed by atoms with van der Waals surface area (Å²) in [4.78, 5) is 28.3. The predicted octanol–water partition coefficient (Wildman–Crippen LogP) is 5.97. The smallest absolute Gasteiger partial charge is 0.300 e. The molecule has 1 atom stereocenters. The number of hydrogen-bond donors (Lipinski definition) is 1. The van der Waals surface area contributed by atoms with Crippen molar-refractivity contribution in [1.29, 1.82) is 0 Å². The van der Waals surface area contributed by atoms with Crippen LogP contribution in [0.15, 0.2) is 72.3 Å². The number of carbonyl (C=O) groups is 2. The number of carbonyl (C=O) groups excluding carboxylic acids is 2. The first-order chi connectivity index (χ1) is 17.2. The molecule has 1 aliphatic heterocycles. The molecule has 3 aromatic rings. The summed E-state index contributed by atoms with van der Waals surface area (Å²) >= 11 is 0. The molecular formula is C30H31NO5. The van der Waals surface area contributed by atoms with Gasteiger partial charge < -0.3 is 14.6 Å². The molecule has 6 heteroatoms. The Hall–Kier alpha value is -4.06. The summed E-state index contributed by atoms with van der Waals surface area (Å²) in [7, 11) is 1.57. The van der Waals surface area contributed by atoms with Gasteiger partial charge in [0.1, 0.15) is 17.3 Å². The van der Waals surface area contributed by atoms with E-state index in [1.165, 1.54) is 4.90 Å². The maximum absolute atomic E-state index is 13.4. The van der Waals surface area contributed by atoms with Crippen LogP contribution in [-0.2, 0) is 9.59 Å². The largest absolute Gasteiger partial charge is 0.507 e. The molecule has 1 unspecified atom stereocenters. The fourth-order valence-electron chi connectivity index (χ4n) is 4.33. The van der Waals surface area contributed by atoms with E-state index in [0.717, 1.165) is 11.1 Å². The van der Waals surface area contributed by atoms with E-state index in [2.05, 4.69) is 13.8 Å². The monoisotopic (exact) mass is 485 g/mol. The summed E-state index contributed by atoms with van der Waals surface area (Å²) in [5.74, 6) is -0.0367. The van der Waals surface area contributed by atoms with Crippen molar-refractivity contribution in [3.63, 3.8) is 0 Å². The molecule has 1 N–H and O–H groups in total. The van der Waals surface area contributed by atoms with Crippen molar-refractivity contribution in [3.05, 3.63) is 94.6 Å². The molecule has 0 aromatic heterocycles. The number of methoxy groups -OCH3 is 1. The number of aliphatic hydroxyl groups excluding tert-OH is 1. The molecule has 1 fully saturated rings. The van der Waals surface area contributed by atoms with Crippen molar-refractivity contribution in [1.82, 2.24) is 0 Å². The third kappa shape index (κ3) is 4.85. The van der Waals surface area contributed by atoms with E-state index < -0.39 is 17.7 Å². The number of nitrogens with zero attached hydrogens (tertiary/aromatic N) is 1. The van der Waals surface area contributed by atoms with Gasteiger partial charge in [-0.2, -0.15) is 0 Å². The Labute approximate surface area is 211 Å². The molecule has 186 valence electrons. The van der Waals surface area contributed by atoms with E-state index in [4.69, 9.17) is 9.47 Å². The molecule has 0 radical (unpaired) electrons. The minimum atomic E-state index is -0.822. The molecule has 0 aliphatic carbocycles. The van der Waals surface area contributed by atoms with Gasteiger partial charge >= 0.3 is 0 Å². The van der Waals surface area contributed by atoms with E-state index >= 15 is 0 Å². The molecule has 1 heterocycles. The molecule has 3 aromatic carbocycles. The Bertz CT molecular complexity index is 1320. The number of Topliss-reactive ketones (excluding diaryl/α,β-unsaturated/α-hetero) is 1. The molecule has 1 amide bonds. The van der Waals surface area contributed by atoms with Crippen LogP contribution in [-0.4, -0.2) is 30.5 Å². The first-order valence-corrected chi connectivity index (χ1v) is 12.0. The summed E-state index contributed by atoms with van der Waals surface area (Å²) in [5.41, 5.74) is 3.51. The van der Waals surface area contributed by atoms with Crippen LogP contribution in [0, 0.1) is 19.8 Å². The maximum atomic E-state index is 13.4. The maximum Gasteiger partial charge on any atom is 0.300 e. The molecule has 1 aliphatic rings. The highest BCUT2D eigenvalue weighted by Gasteiger charge is 2.47. The fraction of sp³-hybridized carbons (Fsp3) is 0.267. The molecule has 0 bridgehead atoms. The normalized spacial score (nSPS) is 17.1. The molecule has 0 spiro atoms. The molecule has 36 heavy (non-hydrogen) atoms. The summed E-state index contributed by atoms with van der Waals surface area (Å²) in [6.45, 7) is 8.44. The van der Waals surface area contributed by atoms with E-state index in [-0.39, 0.29) is 11.3 Å². The lowest BCUT2D eigenvalue weighted by atomic mass is 9.93. The fourth-order valence-corrected chi connectivity index (χ4v) is 4.33. The molecule has 1 saturated heterocycles. The van der Waals surface area contributed by atoms with Crippen LogP contribution < -0.4 is 14.4 Å². The average molecular weight is 486 g/mol. The molecular weight excluding hydrogens is 454 g/mol. The number of benzene rings is 3. The zero-order valence-corrected chi connectivity index (χ0v) is 21.2. The van der Waals surface area contributed by atoms with Gasteiger partial charge in [0.25, 0.3) is 11.7 Å². The van der Waals surface area contributed by atoms with Crippen LogP contribution in [0.2, 0.25) is 0 Å². The highest BCUT2D eigenvalue weighted by Crippen LogP contribution is 2.43. The molecule has 0 saturated carbocycles. The second-order valence-electron chi connectivity index (χ2n) is 9.46. The van der Waals surface area contributed by atoms with E-state index in [1.807, 2.05) is 62.4 Å². The van der Waals surface area contributed by atoms with Crippen molar-refractivity contribution in [2.75, 3.05) is 18.6 Å². The van der Waals surface area contributed by atoms with Gasteiger partial charge in [-0.3, -0.25) is 14.5 Å². The Morgan fingerprint density at radius 2 is 1.69 bits per heavy atom. The van der Waals surface area contributed by atoms with Gasteiger partial charge in [0.15, 0.2) is 0 Å². The van der Waals surface area contributed by atoms with E-state index in [9.17, 15) is 14.7 Å². The lowest BCUT2D eigenvalue weighted by Crippen LogP contribution is -2.29. The number of hydrogen-bond acceptors (Lipinski definition) is 5. The zero-order chi connectivity index (χ0) is 26.0. The second-order valence-corrected chi connectivity index (χ2v) is 9.46. The summed E-state index contributed by atoms with van der Waals surface area (Å²) in [6, 6.07) is 19.1. The van der Waals surface area contributed by atoms with Crippen LogP contribution in [0.5, 0.6) is 11.5 Å². The lowest BCUT2D eigenvalue weighted by molar-refractivity contribution is -0.132. The average Bonchev–Trinajstić information content (AvgIpc) is 3.13. The number of aryl methyl sites for hydroxylation is 2. The number of ketones is 1. The van der Waals surface area contributed by atoms with Crippen LogP contribution in [0.1, 0.15) is 42.1 Å². The first-order valence-electron chi connectivity index (χ1n) is 12.0. The Morgan fingerprint density at radius 3 is 2.33 bits per heavy atom. The third-order valence-corrected chi connectivity index (χ3v) is 6.20. The molecule has 4 rings (SSSR count). The van der Waals surface area contributed by atoms with Gasteiger partial charge in [-0.1, -0.05) is 43.7 Å². The van der Waals surface area contributed by atoms with E-state index in [0.29, 0.717) is 40.8 Å². The number of aliphatic hydroxyl groups is 1.